The first kappa shape index (κ1) is 23.5. The molecule has 2 rings (SSSR count). The number of nitrogens with one attached hydrogen (secondary N) is 2. The summed E-state index contributed by atoms with van der Waals surface area (Å²) in [5, 5.41) is 4.54. The molecule has 2 aromatic carbocycles. The molecule has 164 valence electrons. The Morgan fingerprint density at radius 1 is 1.03 bits per heavy atom. The number of benzene rings is 2. The van der Waals surface area contributed by atoms with Gasteiger partial charge in [0, 0.05) is 11.8 Å². The average molecular weight is 436 g/mol. The molecule has 0 bridgehead atoms. The molecule has 0 saturated carbocycles. The second-order valence-corrected chi connectivity index (χ2v) is 6.38. The second-order valence-electron chi connectivity index (χ2n) is 6.38. The van der Waals surface area contributed by atoms with Crippen LogP contribution in [0.4, 0.5) is 23.7 Å². The lowest BCUT2D eigenvalue weighted by molar-refractivity contribution is -0.274. The summed E-state index contributed by atoms with van der Waals surface area (Å²) < 4.78 is 44.8. The maximum atomic E-state index is 12.1. The molecule has 0 aliphatic carbocycles. The lowest BCUT2D eigenvalue weighted by atomic mass is 10.1. The van der Waals surface area contributed by atoms with Gasteiger partial charge in [-0.1, -0.05) is 29.8 Å². The Hall–Kier alpha value is -3.82. The zero-order chi connectivity index (χ0) is 23.0. The summed E-state index contributed by atoms with van der Waals surface area (Å²) in [6, 6.07) is 9.36. The summed E-state index contributed by atoms with van der Waals surface area (Å²) in [6.45, 7) is 3.01. The van der Waals surface area contributed by atoms with Crippen LogP contribution in [0, 0.1) is 13.8 Å². The van der Waals surface area contributed by atoms with Gasteiger partial charge in [-0.05, 0) is 49.2 Å². The summed E-state index contributed by atoms with van der Waals surface area (Å²) >= 11 is 0. The number of hydrogen-bond acceptors (Lipinski definition) is 5. The van der Waals surface area contributed by atoms with E-state index in [4.69, 9.17) is 4.74 Å². The van der Waals surface area contributed by atoms with Crippen LogP contribution in [0.25, 0.3) is 6.08 Å². The van der Waals surface area contributed by atoms with Crippen molar-refractivity contribution in [3.05, 3.63) is 65.2 Å². The van der Waals surface area contributed by atoms with E-state index in [-0.39, 0.29) is 0 Å². The number of rotatable bonds is 6. The summed E-state index contributed by atoms with van der Waals surface area (Å²) in [5.74, 6) is -2.11. The first-order valence-corrected chi connectivity index (χ1v) is 8.90. The Balaban J connectivity index is 1.77. The number of carbonyl (C=O) groups excluding carboxylic acids is 3. The minimum atomic E-state index is -4.79. The van der Waals surface area contributed by atoms with Crippen molar-refractivity contribution in [2.24, 2.45) is 0 Å². The van der Waals surface area contributed by atoms with Gasteiger partial charge in [0.15, 0.2) is 6.61 Å². The highest BCUT2D eigenvalue weighted by Crippen LogP contribution is 2.23. The summed E-state index contributed by atoms with van der Waals surface area (Å²) in [5.41, 5.74) is 2.77. The molecule has 3 amide bonds. The number of hydrogen-bond donors (Lipinski definition) is 2. The highest BCUT2D eigenvalue weighted by Gasteiger charge is 2.30. The highest BCUT2D eigenvalue weighted by molar-refractivity contribution is 6.02. The fourth-order valence-corrected chi connectivity index (χ4v) is 2.40. The molecule has 0 unspecified atom stereocenters. The fourth-order valence-electron chi connectivity index (χ4n) is 2.40. The SMILES string of the molecule is Cc1ccc(NC(=O)NC(=O)COC(=O)/C=C/c2ccc(OC(F)(F)F)cc2)c(C)c1. The number of urea groups is 1. The molecule has 2 N–H and O–H groups in total. The van der Waals surface area contributed by atoms with Crippen molar-refractivity contribution in [1.29, 1.82) is 0 Å². The van der Waals surface area contributed by atoms with E-state index in [1.165, 1.54) is 18.2 Å². The maximum absolute atomic E-state index is 12.1. The minimum Gasteiger partial charge on any atom is -0.452 e. The molecule has 0 aliphatic rings. The van der Waals surface area contributed by atoms with E-state index in [9.17, 15) is 27.6 Å². The van der Waals surface area contributed by atoms with E-state index in [0.29, 0.717) is 11.3 Å². The van der Waals surface area contributed by atoms with Gasteiger partial charge in [-0.15, -0.1) is 13.2 Å². The molecule has 0 aliphatic heterocycles. The molecule has 0 atom stereocenters. The van der Waals surface area contributed by atoms with Crippen molar-refractivity contribution in [3.8, 4) is 5.75 Å². The molecule has 0 radical (unpaired) electrons. The Morgan fingerprint density at radius 3 is 2.32 bits per heavy atom. The van der Waals surface area contributed by atoms with Crippen LogP contribution in [0.2, 0.25) is 0 Å². The van der Waals surface area contributed by atoms with Gasteiger partial charge < -0.3 is 14.8 Å². The number of amides is 3. The molecule has 0 aromatic heterocycles. The van der Waals surface area contributed by atoms with E-state index in [1.54, 1.807) is 19.1 Å². The number of aryl methyl sites for hydroxylation is 2. The predicted molar refractivity (Wildman–Crippen MR) is 106 cm³/mol. The quantitative estimate of drug-likeness (QED) is 0.525. The smallest absolute Gasteiger partial charge is 0.452 e. The third kappa shape index (κ3) is 8.60. The number of carbonyl (C=O) groups is 3. The van der Waals surface area contributed by atoms with Crippen molar-refractivity contribution >= 4 is 29.7 Å². The van der Waals surface area contributed by atoms with E-state index in [2.05, 4.69) is 10.1 Å². The Kier molecular flexibility index (Phi) is 7.78. The Labute approximate surface area is 175 Å². The summed E-state index contributed by atoms with van der Waals surface area (Å²) in [4.78, 5) is 35.3. The zero-order valence-electron chi connectivity index (χ0n) is 16.6. The first-order chi connectivity index (χ1) is 14.5. The van der Waals surface area contributed by atoms with Crippen LogP contribution in [0.5, 0.6) is 5.75 Å². The van der Waals surface area contributed by atoms with Gasteiger partial charge >= 0.3 is 18.4 Å². The van der Waals surface area contributed by atoms with Gasteiger partial charge in [0.25, 0.3) is 5.91 Å². The molecule has 0 fully saturated rings. The standard InChI is InChI=1S/C21H19F3N2O5/c1-13-3-9-17(14(2)11-13)25-20(29)26-18(27)12-30-19(28)10-6-15-4-7-16(8-5-15)31-21(22,23)24/h3-11H,12H2,1-2H3,(H2,25,26,27,29)/b10-6+. The van der Waals surface area contributed by atoms with Crippen LogP contribution < -0.4 is 15.4 Å². The number of alkyl halides is 3. The molecule has 10 heteroatoms. The third-order valence-electron chi connectivity index (χ3n) is 3.75. The van der Waals surface area contributed by atoms with Crippen molar-refractivity contribution in [1.82, 2.24) is 5.32 Å². The van der Waals surface area contributed by atoms with Gasteiger partial charge in [-0.25, -0.2) is 9.59 Å². The zero-order valence-corrected chi connectivity index (χ0v) is 16.6. The highest BCUT2D eigenvalue weighted by atomic mass is 19.4. The van der Waals surface area contributed by atoms with E-state index < -0.39 is 36.6 Å². The minimum absolute atomic E-state index is 0.400. The van der Waals surface area contributed by atoms with E-state index >= 15 is 0 Å². The molecular formula is C21H19F3N2O5. The third-order valence-corrected chi connectivity index (χ3v) is 3.75. The van der Waals surface area contributed by atoms with Crippen molar-refractivity contribution in [3.63, 3.8) is 0 Å². The normalized spacial score (nSPS) is 11.1. The van der Waals surface area contributed by atoms with Crippen LogP contribution >= 0.6 is 0 Å². The van der Waals surface area contributed by atoms with E-state index in [1.807, 2.05) is 18.3 Å². The average Bonchev–Trinajstić information content (AvgIpc) is 2.67. The lowest BCUT2D eigenvalue weighted by Crippen LogP contribution is -2.37. The maximum Gasteiger partial charge on any atom is 0.573 e. The largest absolute Gasteiger partial charge is 0.573 e. The Morgan fingerprint density at radius 2 is 1.71 bits per heavy atom. The van der Waals surface area contributed by atoms with Gasteiger partial charge in [-0.2, -0.15) is 0 Å². The molecule has 0 heterocycles. The van der Waals surface area contributed by atoms with Crippen molar-refractivity contribution in [2.75, 3.05) is 11.9 Å². The van der Waals surface area contributed by atoms with Crippen LogP contribution in [0.1, 0.15) is 16.7 Å². The molecule has 7 nitrogen and oxygen atoms in total. The van der Waals surface area contributed by atoms with Crippen LogP contribution in [-0.4, -0.2) is 30.9 Å². The number of halogens is 3. The topological polar surface area (TPSA) is 93.7 Å². The van der Waals surface area contributed by atoms with E-state index in [0.717, 1.165) is 29.3 Å². The molecular weight excluding hydrogens is 417 g/mol. The summed E-state index contributed by atoms with van der Waals surface area (Å²) in [6.07, 6.45) is -2.52. The van der Waals surface area contributed by atoms with Crippen LogP contribution in [0.3, 0.4) is 0 Å². The van der Waals surface area contributed by atoms with Crippen LogP contribution in [0.15, 0.2) is 48.5 Å². The number of anilines is 1. The lowest BCUT2D eigenvalue weighted by Gasteiger charge is -2.10. The van der Waals surface area contributed by atoms with Crippen LogP contribution in [-0.2, 0) is 14.3 Å². The number of esters is 1. The summed E-state index contributed by atoms with van der Waals surface area (Å²) in [7, 11) is 0. The van der Waals surface area contributed by atoms with Crippen molar-refractivity contribution < 1.29 is 37.0 Å². The van der Waals surface area contributed by atoms with Gasteiger partial charge in [0.1, 0.15) is 5.75 Å². The number of imide groups is 1. The predicted octanol–water partition coefficient (Wildman–Crippen LogP) is 4.11. The van der Waals surface area contributed by atoms with Gasteiger partial charge in [0.2, 0.25) is 0 Å². The molecule has 0 spiro atoms. The molecule has 31 heavy (non-hydrogen) atoms. The fraction of sp³-hybridized carbons (Fsp3) is 0.190. The van der Waals surface area contributed by atoms with Gasteiger partial charge in [-0.3, -0.25) is 10.1 Å². The second kappa shape index (κ2) is 10.3. The first-order valence-electron chi connectivity index (χ1n) is 8.90. The monoisotopic (exact) mass is 436 g/mol. The molecule has 2 aromatic rings. The Bertz CT molecular complexity index is 985. The number of ether oxygens (including phenoxy) is 2. The molecule has 0 saturated heterocycles. The van der Waals surface area contributed by atoms with Crippen molar-refractivity contribution in [2.45, 2.75) is 20.2 Å². The van der Waals surface area contributed by atoms with Gasteiger partial charge in [0.05, 0.1) is 0 Å².